The lowest BCUT2D eigenvalue weighted by Crippen LogP contribution is -2.23. The molecule has 2 rings (SSSR count). The van der Waals surface area contributed by atoms with E-state index in [0.717, 1.165) is 24.5 Å². The molecular weight excluding hydrogens is 262 g/mol. The number of rotatable bonds is 7. The maximum atomic E-state index is 5.49. The molecule has 1 atom stereocenters. The highest BCUT2D eigenvalue weighted by molar-refractivity contribution is 5.37. The third-order valence-electron chi connectivity index (χ3n) is 3.56. The van der Waals surface area contributed by atoms with Crippen LogP contribution in [0.3, 0.4) is 0 Å². The first-order valence-electron chi connectivity index (χ1n) is 7.27. The van der Waals surface area contributed by atoms with E-state index in [1.165, 1.54) is 11.1 Å². The molecule has 0 saturated heterocycles. The van der Waals surface area contributed by atoms with Crippen molar-refractivity contribution in [3.63, 3.8) is 0 Å². The van der Waals surface area contributed by atoms with Gasteiger partial charge in [-0.15, -0.1) is 0 Å². The average molecular weight is 285 g/mol. The van der Waals surface area contributed by atoms with Crippen LogP contribution in [0.5, 0.6) is 11.5 Å². The van der Waals surface area contributed by atoms with Crippen LogP contribution in [0, 0.1) is 0 Å². The van der Waals surface area contributed by atoms with Gasteiger partial charge >= 0.3 is 0 Å². The number of benzene rings is 2. The molecule has 2 aromatic rings. The molecule has 1 N–H and O–H groups in total. The lowest BCUT2D eigenvalue weighted by molar-refractivity contribution is 0.399. The van der Waals surface area contributed by atoms with Gasteiger partial charge in [0, 0.05) is 11.6 Å². The van der Waals surface area contributed by atoms with Crippen LogP contribution in [0.15, 0.2) is 48.5 Å². The largest absolute Gasteiger partial charge is 0.497 e. The maximum Gasteiger partial charge on any atom is 0.123 e. The van der Waals surface area contributed by atoms with Crippen LogP contribution < -0.4 is 14.8 Å². The molecule has 0 aliphatic heterocycles. The smallest absolute Gasteiger partial charge is 0.123 e. The highest BCUT2D eigenvalue weighted by Gasteiger charge is 2.15. The molecule has 0 radical (unpaired) electrons. The van der Waals surface area contributed by atoms with E-state index in [1.807, 2.05) is 24.3 Å². The summed E-state index contributed by atoms with van der Waals surface area (Å²) in [6, 6.07) is 16.6. The molecule has 3 heteroatoms. The van der Waals surface area contributed by atoms with Crippen molar-refractivity contribution in [3.8, 4) is 11.5 Å². The Morgan fingerprint density at radius 3 is 2.29 bits per heavy atom. The standard InChI is InChI=1S/C18H23NO2/c1-4-19-17(16-7-5-6-8-18(16)21-3)13-14-9-11-15(20-2)12-10-14/h5-12,17,19H,4,13H2,1-3H3. The number of methoxy groups -OCH3 is 2. The van der Waals surface area contributed by atoms with Crippen LogP contribution in [0.4, 0.5) is 0 Å². The molecule has 3 nitrogen and oxygen atoms in total. The minimum Gasteiger partial charge on any atom is -0.497 e. The number of hydrogen-bond acceptors (Lipinski definition) is 3. The van der Waals surface area contributed by atoms with E-state index < -0.39 is 0 Å². The van der Waals surface area contributed by atoms with Crippen LogP contribution in [0.1, 0.15) is 24.1 Å². The Morgan fingerprint density at radius 1 is 0.952 bits per heavy atom. The summed E-state index contributed by atoms with van der Waals surface area (Å²) >= 11 is 0. The van der Waals surface area contributed by atoms with Crippen molar-refractivity contribution in [2.45, 2.75) is 19.4 Å². The lowest BCUT2D eigenvalue weighted by Gasteiger charge is -2.21. The molecule has 0 aliphatic carbocycles. The molecule has 0 aliphatic rings. The normalized spacial score (nSPS) is 12.0. The SMILES string of the molecule is CCNC(Cc1ccc(OC)cc1)c1ccccc1OC. The molecule has 0 amide bonds. The summed E-state index contributed by atoms with van der Waals surface area (Å²) in [6.45, 7) is 3.04. The van der Waals surface area contributed by atoms with Crippen molar-refractivity contribution in [1.29, 1.82) is 0 Å². The molecule has 0 aromatic heterocycles. The van der Waals surface area contributed by atoms with E-state index >= 15 is 0 Å². The van der Waals surface area contributed by atoms with Gasteiger partial charge in [0.05, 0.1) is 14.2 Å². The number of nitrogens with one attached hydrogen (secondary N) is 1. The van der Waals surface area contributed by atoms with Gasteiger partial charge in [0.15, 0.2) is 0 Å². The van der Waals surface area contributed by atoms with Gasteiger partial charge in [-0.2, -0.15) is 0 Å². The van der Waals surface area contributed by atoms with E-state index in [9.17, 15) is 0 Å². The second kappa shape index (κ2) is 7.70. The number of hydrogen-bond donors (Lipinski definition) is 1. The highest BCUT2D eigenvalue weighted by Crippen LogP contribution is 2.27. The van der Waals surface area contributed by atoms with Crippen molar-refractivity contribution in [3.05, 3.63) is 59.7 Å². The van der Waals surface area contributed by atoms with Crippen molar-refractivity contribution in [2.24, 2.45) is 0 Å². The van der Waals surface area contributed by atoms with Crippen molar-refractivity contribution >= 4 is 0 Å². The topological polar surface area (TPSA) is 30.5 Å². The molecule has 2 aromatic carbocycles. The fourth-order valence-electron chi connectivity index (χ4n) is 2.49. The predicted octanol–water partition coefficient (Wildman–Crippen LogP) is 3.60. The first-order chi connectivity index (χ1) is 10.3. The van der Waals surface area contributed by atoms with Crippen LogP contribution >= 0.6 is 0 Å². The zero-order chi connectivity index (χ0) is 15.1. The van der Waals surface area contributed by atoms with Crippen LogP contribution in [0.2, 0.25) is 0 Å². The van der Waals surface area contributed by atoms with Crippen LogP contribution in [-0.4, -0.2) is 20.8 Å². The minimum atomic E-state index is 0.236. The minimum absolute atomic E-state index is 0.236. The average Bonchev–Trinajstić information content (AvgIpc) is 2.55. The number of likely N-dealkylation sites (N-methyl/N-ethyl adjacent to an activating group) is 1. The maximum absolute atomic E-state index is 5.49. The molecular formula is C18H23NO2. The Morgan fingerprint density at radius 2 is 1.67 bits per heavy atom. The Balaban J connectivity index is 2.21. The van der Waals surface area contributed by atoms with Gasteiger partial charge in [-0.05, 0) is 36.7 Å². The molecule has 0 heterocycles. The third-order valence-corrected chi connectivity index (χ3v) is 3.56. The summed E-state index contributed by atoms with van der Waals surface area (Å²) in [5.74, 6) is 1.81. The molecule has 112 valence electrons. The lowest BCUT2D eigenvalue weighted by atomic mass is 9.98. The second-order valence-corrected chi connectivity index (χ2v) is 4.90. The molecule has 0 saturated carbocycles. The molecule has 0 fully saturated rings. The number of para-hydroxylation sites is 1. The van der Waals surface area contributed by atoms with Gasteiger partial charge in [0.25, 0.3) is 0 Å². The van der Waals surface area contributed by atoms with Crippen LogP contribution in [0.25, 0.3) is 0 Å². The van der Waals surface area contributed by atoms with Gasteiger partial charge in [-0.3, -0.25) is 0 Å². The monoisotopic (exact) mass is 285 g/mol. The fourth-order valence-corrected chi connectivity index (χ4v) is 2.49. The summed E-state index contributed by atoms with van der Waals surface area (Å²) in [5, 5.41) is 3.54. The Kier molecular flexibility index (Phi) is 5.64. The van der Waals surface area contributed by atoms with E-state index in [1.54, 1.807) is 14.2 Å². The van der Waals surface area contributed by atoms with Gasteiger partial charge in [-0.25, -0.2) is 0 Å². The Bertz CT molecular complexity index is 551. The van der Waals surface area contributed by atoms with E-state index in [-0.39, 0.29) is 6.04 Å². The summed E-state index contributed by atoms with van der Waals surface area (Å²) < 4.78 is 10.7. The van der Waals surface area contributed by atoms with Gasteiger partial charge < -0.3 is 14.8 Å². The second-order valence-electron chi connectivity index (χ2n) is 4.90. The van der Waals surface area contributed by atoms with Gasteiger partial charge in [-0.1, -0.05) is 37.3 Å². The first kappa shape index (κ1) is 15.4. The van der Waals surface area contributed by atoms with Crippen molar-refractivity contribution in [2.75, 3.05) is 20.8 Å². The Labute approximate surface area is 126 Å². The molecule has 0 bridgehead atoms. The number of ether oxygens (including phenoxy) is 2. The molecule has 1 unspecified atom stereocenters. The summed E-state index contributed by atoms with van der Waals surface area (Å²) in [7, 11) is 3.40. The first-order valence-corrected chi connectivity index (χ1v) is 7.27. The summed E-state index contributed by atoms with van der Waals surface area (Å²) in [4.78, 5) is 0. The fraction of sp³-hybridized carbons (Fsp3) is 0.333. The van der Waals surface area contributed by atoms with E-state index in [2.05, 4.69) is 36.5 Å². The summed E-state index contributed by atoms with van der Waals surface area (Å²) in [6.07, 6.45) is 0.915. The van der Waals surface area contributed by atoms with Gasteiger partial charge in [0.1, 0.15) is 11.5 Å². The van der Waals surface area contributed by atoms with E-state index in [0.29, 0.717) is 0 Å². The zero-order valence-corrected chi connectivity index (χ0v) is 12.9. The van der Waals surface area contributed by atoms with Gasteiger partial charge in [0.2, 0.25) is 0 Å². The van der Waals surface area contributed by atoms with Crippen LogP contribution in [-0.2, 0) is 6.42 Å². The van der Waals surface area contributed by atoms with Crippen molar-refractivity contribution < 1.29 is 9.47 Å². The Hall–Kier alpha value is -2.00. The molecule has 0 spiro atoms. The van der Waals surface area contributed by atoms with E-state index in [4.69, 9.17) is 9.47 Å². The predicted molar refractivity (Wildman–Crippen MR) is 86.1 cm³/mol. The molecule has 21 heavy (non-hydrogen) atoms. The quantitative estimate of drug-likeness (QED) is 0.843. The highest BCUT2D eigenvalue weighted by atomic mass is 16.5. The zero-order valence-electron chi connectivity index (χ0n) is 12.9. The summed E-state index contributed by atoms with van der Waals surface area (Å²) in [5.41, 5.74) is 2.46. The van der Waals surface area contributed by atoms with Crippen molar-refractivity contribution in [1.82, 2.24) is 5.32 Å². The third kappa shape index (κ3) is 3.99.